The molecule has 0 aromatic heterocycles. The van der Waals surface area contributed by atoms with Crippen molar-refractivity contribution in [1.29, 1.82) is 0 Å². The number of hydrogen-bond acceptors (Lipinski definition) is 7. The number of hydrogen-bond donors (Lipinski definition) is 0. The van der Waals surface area contributed by atoms with Crippen LogP contribution >= 0.6 is 0 Å². The summed E-state index contributed by atoms with van der Waals surface area (Å²) >= 11 is 0. The van der Waals surface area contributed by atoms with E-state index < -0.39 is 8.80 Å². The van der Waals surface area contributed by atoms with Gasteiger partial charge in [0, 0.05) is 25.9 Å². The van der Waals surface area contributed by atoms with Crippen LogP contribution in [0.25, 0.3) is 0 Å². The zero-order valence-electron chi connectivity index (χ0n) is 12.7. The molecule has 20 heavy (non-hydrogen) atoms. The number of carbonyl (C=O) groups excluding carboxylic acids is 2. The van der Waals surface area contributed by atoms with E-state index in [4.69, 9.17) is 18.1 Å². The third-order valence-corrected chi connectivity index (χ3v) is 5.34. The van der Waals surface area contributed by atoms with Gasteiger partial charge in [-0.1, -0.05) is 0 Å². The standard InChI is InChI=1S/C10H21NO4Si.CH3NOSi/c1-4-13-16(14-5-2,15-6-3)9-7-8-11-10-12;3-1-2-4/h4-9H2,1-3H3;4H3. The Balaban J connectivity index is 0. The molecule has 0 saturated heterocycles. The van der Waals surface area contributed by atoms with Gasteiger partial charge in [-0.3, -0.25) is 4.66 Å². The molecule has 0 amide bonds. The smallest absolute Gasteiger partial charge is 0.374 e. The molecule has 0 aliphatic heterocycles. The van der Waals surface area contributed by atoms with Gasteiger partial charge >= 0.3 is 8.80 Å². The lowest BCUT2D eigenvalue weighted by molar-refractivity contribution is 0.0710. The Hall–Kier alpha value is -0.926. The van der Waals surface area contributed by atoms with Gasteiger partial charge in [0.15, 0.2) is 10.4 Å². The first-order chi connectivity index (χ1) is 9.66. The summed E-state index contributed by atoms with van der Waals surface area (Å²) in [5.41, 5.74) is 0. The maximum absolute atomic E-state index is 9.93. The summed E-state index contributed by atoms with van der Waals surface area (Å²) in [4.78, 5) is 22.4. The SMILES string of the molecule is CCO[Si](CCCN=C=O)(OCC)OCC.O=C=N[SiH3]. The maximum Gasteiger partial charge on any atom is 0.500 e. The first kappa shape index (κ1) is 21.4. The Labute approximate surface area is 124 Å². The zero-order valence-corrected chi connectivity index (χ0v) is 15.7. The highest BCUT2D eigenvalue weighted by Gasteiger charge is 2.39. The number of isocyanates is 2. The zero-order chi connectivity index (χ0) is 15.7. The van der Waals surface area contributed by atoms with Gasteiger partial charge in [0.1, 0.15) is 0 Å². The van der Waals surface area contributed by atoms with Crippen LogP contribution in [0.2, 0.25) is 6.04 Å². The van der Waals surface area contributed by atoms with E-state index in [1.54, 1.807) is 0 Å². The molecule has 0 bridgehead atoms. The minimum absolute atomic E-state index is 0.450. The Morgan fingerprint density at radius 3 is 1.75 bits per heavy atom. The summed E-state index contributed by atoms with van der Waals surface area (Å²) in [6.45, 7) is 7.93. The van der Waals surface area contributed by atoms with Crippen molar-refractivity contribution in [1.82, 2.24) is 0 Å². The van der Waals surface area contributed by atoms with E-state index in [1.165, 1.54) is 12.2 Å². The number of aliphatic imine (C=N–C) groups is 1. The summed E-state index contributed by atoms with van der Waals surface area (Å²) in [5.74, 6) is 0. The van der Waals surface area contributed by atoms with Gasteiger partial charge in [-0.2, -0.15) is 0 Å². The van der Waals surface area contributed by atoms with Crippen molar-refractivity contribution >= 4 is 31.4 Å². The molecule has 0 radical (unpaired) electrons. The van der Waals surface area contributed by atoms with E-state index in [2.05, 4.69) is 9.65 Å². The minimum atomic E-state index is -2.54. The second-order valence-electron chi connectivity index (χ2n) is 3.37. The van der Waals surface area contributed by atoms with Crippen LogP contribution in [0.15, 0.2) is 9.65 Å². The second-order valence-corrected chi connectivity index (χ2v) is 6.55. The Morgan fingerprint density at radius 2 is 1.45 bits per heavy atom. The third-order valence-electron chi connectivity index (χ3n) is 2.00. The quantitative estimate of drug-likeness (QED) is 0.251. The van der Waals surface area contributed by atoms with Crippen molar-refractivity contribution in [3.8, 4) is 0 Å². The Bertz CT molecular complexity index is 301. The van der Waals surface area contributed by atoms with Gasteiger partial charge < -0.3 is 13.3 Å². The average molecular weight is 320 g/mol. The van der Waals surface area contributed by atoms with Gasteiger partial charge in [-0.25, -0.2) is 14.6 Å². The molecule has 0 rings (SSSR count). The van der Waals surface area contributed by atoms with Crippen molar-refractivity contribution < 1.29 is 22.9 Å². The fourth-order valence-electron chi connectivity index (χ4n) is 1.42. The molecule has 0 heterocycles. The highest BCUT2D eigenvalue weighted by atomic mass is 28.4. The molecule has 0 atom stereocenters. The summed E-state index contributed by atoms with van der Waals surface area (Å²) in [5, 5.41) is 0. The van der Waals surface area contributed by atoms with E-state index >= 15 is 0 Å². The van der Waals surface area contributed by atoms with Crippen molar-refractivity contribution in [3.05, 3.63) is 0 Å². The molecule has 0 spiro atoms. The van der Waals surface area contributed by atoms with Crippen LogP contribution in [0.5, 0.6) is 0 Å². The fraction of sp³-hybridized carbons (Fsp3) is 0.818. The molecule has 0 unspecified atom stereocenters. The van der Waals surface area contributed by atoms with Gasteiger partial charge in [0.05, 0.1) is 6.54 Å². The molecule has 0 fully saturated rings. The van der Waals surface area contributed by atoms with E-state index in [0.717, 1.165) is 6.42 Å². The lowest BCUT2D eigenvalue weighted by Crippen LogP contribution is -2.46. The minimum Gasteiger partial charge on any atom is -0.374 e. The van der Waals surface area contributed by atoms with Crippen LogP contribution in [-0.4, -0.2) is 57.7 Å². The molecule has 116 valence electrons. The monoisotopic (exact) mass is 320 g/mol. The van der Waals surface area contributed by atoms with E-state index in [9.17, 15) is 4.79 Å². The van der Waals surface area contributed by atoms with Gasteiger partial charge in [-0.05, 0) is 27.2 Å². The molecule has 7 nitrogen and oxygen atoms in total. The molecule has 9 heteroatoms. The molecular weight excluding hydrogens is 296 g/mol. The van der Waals surface area contributed by atoms with Crippen LogP contribution in [0.3, 0.4) is 0 Å². The lowest BCUT2D eigenvalue weighted by Gasteiger charge is -2.28. The largest absolute Gasteiger partial charge is 0.500 e. The lowest BCUT2D eigenvalue weighted by atomic mass is 10.5. The first-order valence-electron chi connectivity index (χ1n) is 6.57. The Kier molecular flexibility index (Phi) is 17.2. The summed E-state index contributed by atoms with van der Waals surface area (Å²) in [7, 11) is -1.94. The highest BCUT2D eigenvalue weighted by Crippen LogP contribution is 2.17. The molecule has 0 N–H and O–H groups in total. The van der Waals surface area contributed by atoms with Crippen molar-refractivity contribution in [3.63, 3.8) is 0 Å². The van der Waals surface area contributed by atoms with Crippen molar-refractivity contribution in [2.45, 2.75) is 33.2 Å². The average Bonchev–Trinajstić information content (AvgIpc) is 2.45. The van der Waals surface area contributed by atoms with Crippen LogP contribution in [0.1, 0.15) is 27.2 Å². The molecule has 0 aliphatic rings. The van der Waals surface area contributed by atoms with Gasteiger partial charge in [0.2, 0.25) is 12.2 Å². The molecule has 0 aromatic rings. The van der Waals surface area contributed by atoms with Crippen molar-refractivity contribution in [2.24, 2.45) is 9.65 Å². The molecule has 0 aromatic carbocycles. The predicted molar refractivity (Wildman–Crippen MR) is 81.1 cm³/mol. The number of rotatable bonds is 10. The summed E-state index contributed by atoms with van der Waals surface area (Å²) < 4.78 is 20.0. The van der Waals surface area contributed by atoms with Crippen LogP contribution in [0, 0.1) is 0 Å². The normalized spacial score (nSPS) is 9.95. The van der Waals surface area contributed by atoms with Crippen LogP contribution in [0.4, 0.5) is 0 Å². The van der Waals surface area contributed by atoms with Crippen molar-refractivity contribution in [2.75, 3.05) is 26.4 Å². The fourth-order valence-corrected chi connectivity index (χ4v) is 4.02. The number of nitrogens with zero attached hydrogens (tertiary/aromatic N) is 2. The van der Waals surface area contributed by atoms with Crippen LogP contribution in [-0.2, 0) is 22.9 Å². The molecule has 0 saturated carbocycles. The molecule has 0 aliphatic carbocycles. The Morgan fingerprint density at radius 1 is 1.00 bits per heavy atom. The highest BCUT2D eigenvalue weighted by molar-refractivity contribution is 6.60. The van der Waals surface area contributed by atoms with E-state index in [-0.39, 0.29) is 0 Å². The maximum atomic E-state index is 9.93. The first-order valence-corrected chi connectivity index (χ1v) is 9.40. The van der Waals surface area contributed by atoms with E-state index in [1.807, 2.05) is 20.8 Å². The van der Waals surface area contributed by atoms with E-state index in [0.29, 0.717) is 42.8 Å². The van der Waals surface area contributed by atoms with Gasteiger partial charge in [0.25, 0.3) is 0 Å². The predicted octanol–water partition coefficient (Wildman–Crippen LogP) is 0.363. The molecular formula is C11H24N2O5Si2. The second kappa shape index (κ2) is 16.1. The van der Waals surface area contributed by atoms with Crippen LogP contribution < -0.4 is 0 Å². The topological polar surface area (TPSA) is 86.5 Å². The third kappa shape index (κ3) is 12.1. The summed E-state index contributed by atoms with van der Waals surface area (Å²) in [6, 6.07) is 0.688. The van der Waals surface area contributed by atoms with Gasteiger partial charge in [-0.15, -0.1) is 0 Å². The summed E-state index contributed by atoms with van der Waals surface area (Å²) in [6.07, 6.45) is 3.61.